The lowest BCUT2D eigenvalue weighted by molar-refractivity contribution is -0.0420. The van der Waals surface area contributed by atoms with Crippen LogP contribution in [0.1, 0.15) is 41.5 Å². The van der Waals surface area contributed by atoms with Crippen LogP contribution >= 0.6 is 0 Å². The fourth-order valence-corrected chi connectivity index (χ4v) is 3.98. The maximum absolute atomic E-state index is 6.26. The zero-order valence-electron chi connectivity index (χ0n) is 17.3. The van der Waals surface area contributed by atoms with Crippen LogP contribution in [0.4, 0.5) is 0 Å². The van der Waals surface area contributed by atoms with Gasteiger partial charge in [0.05, 0.1) is 11.2 Å². The highest BCUT2D eigenvalue weighted by Gasteiger charge is 2.51. The van der Waals surface area contributed by atoms with Crippen molar-refractivity contribution in [3.05, 3.63) is 42.5 Å². The normalized spacial score (nSPS) is 21.6. The lowest BCUT2D eigenvalue weighted by Gasteiger charge is -2.32. The molecule has 4 nitrogen and oxygen atoms in total. The summed E-state index contributed by atoms with van der Waals surface area (Å²) in [5.74, 6) is 0.944. The minimum atomic E-state index is -0.677. The summed E-state index contributed by atoms with van der Waals surface area (Å²) in [7, 11) is -0.393. The maximum atomic E-state index is 6.26. The summed E-state index contributed by atoms with van der Waals surface area (Å²) in [6, 6.07) is 14.6. The summed E-state index contributed by atoms with van der Waals surface area (Å²) < 4.78 is 24.8. The largest absolute Gasteiger partial charge is 0.494 e. The quantitative estimate of drug-likeness (QED) is 0.452. The number of hydrogen-bond donors (Lipinski definition) is 0. The third kappa shape index (κ3) is 2.46. The van der Waals surface area contributed by atoms with Crippen molar-refractivity contribution in [2.45, 2.75) is 58.5 Å². The first-order valence-corrected chi connectivity index (χ1v) is 9.80. The highest BCUT2D eigenvalue weighted by Crippen LogP contribution is 2.49. The van der Waals surface area contributed by atoms with Gasteiger partial charge in [-0.15, -0.1) is 0 Å². The summed E-state index contributed by atoms with van der Waals surface area (Å²) in [5, 5.41) is 4.35. The van der Waals surface area contributed by atoms with Crippen LogP contribution in [0.15, 0.2) is 42.5 Å². The van der Waals surface area contributed by atoms with E-state index < -0.39 is 12.9 Å². The number of rotatable bonds is 1. The molecule has 0 atom stereocenters. The monoisotopic (exact) mass is 376 g/mol. The van der Waals surface area contributed by atoms with Crippen molar-refractivity contribution >= 4 is 34.1 Å². The van der Waals surface area contributed by atoms with Crippen molar-refractivity contribution < 1.29 is 18.8 Å². The van der Waals surface area contributed by atoms with Gasteiger partial charge in [0.1, 0.15) is 0 Å². The first-order chi connectivity index (χ1) is 13.1. The third-order valence-electron chi connectivity index (χ3n) is 6.18. The Morgan fingerprint density at radius 1 is 0.643 bits per heavy atom. The number of hydrogen-bond acceptors (Lipinski definition) is 4. The second-order valence-electron chi connectivity index (χ2n) is 9.20. The maximum Gasteiger partial charge on any atom is 0.494 e. The topological polar surface area (TPSA) is 36.9 Å². The van der Waals surface area contributed by atoms with Gasteiger partial charge < -0.3 is 18.8 Å². The Balaban J connectivity index is 1.72. The molecule has 144 valence electrons. The van der Waals surface area contributed by atoms with E-state index >= 15 is 0 Å². The first-order valence-electron chi connectivity index (χ1n) is 9.80. The van der Waals surface area contributed by atoms with E-state index in [1.165, 1.54) is 0 Å². The number of benzene rings is 3. The highest BCUT2D eigenvalue weighted by molar-refractivity contribution is 6.62. The van der Waals surface area contributed by atoms with Gasteiger partial charge in [-0.25, -0.2) is 0 Å². The Kier molecular flexibility index (Phi) is 3.46. The minimum absolute atomic E-state index is 0.367. The molecule has 0 aliphatic carbocycles. The molecule has 5 rings (SSSR count). The molecule has 2 heterocycles. The van der Waals surface area contributed by atoms with Gasteiger partial charge in [-0.05, 0) is 43.9 Å². The van der Waals surface area contributed by atoms with Gasteiger partial charge in [-0.1, -0.05) is 42.5 Å². The van der Waals surface area contributed by atoms with Crippen molar-refractivity contribution in [2.24, 2.45) is 0 Å². The van der Waals surface area contributed by atoms with Gasteiger partial charge in [0.15, 0.2) is 11.5 Å². The van der Waals surface area contributed by atoms with Crippen LogP contribution in [0, 0.1) is 0 Å². The molecular weight excluding hydrogens is 351 g/mol. The van der Waals surface area contributed by atoms with Crippen molar-refractivity contribution in [2.75, 3.05) is 0 Å². The molecule has 0 bridgehead atoms. The third-order valence-corrected chi connectivity index (χ3v) is 6.18. The van der Waals surface area contributed by atoms with Crippen LogP contribution in [0.2, 0.25) is 0 Å². The van der Waals surface area contributed by atoms with E-state index in [0.29, 0.717) is 0 Å². The van der Waals surface area contributed by atoms with Gasteiger partial charge in [0.2, 0.25) is 5.79 Å². The van der Waals surface area contributed by atoms with Crippen molar-refractivity contribution in [3.8, 4) is 11.5 Å². The first kappa shape index (κ1) is 17.8. The van der Waals surface area contributed by atoms with Crippen molar-refractivity contribution in [3.63, 3.8) is 0 Å². The number of ether oxygens (including phenoxy) is 2. The molecule has 1 saturated heterocycles. The lowest BCUT2D eigenvalue weighted by atomic mass is 9.77. The summed E-state index contributed by atoms with van der Waals surface area (Å²) in [6.45, 7) is 12.2. The minimum Gasteiger partial charge on any atom is -0.448 e. The highest BCUT2D eigenvalue weighted by atomic mass is 16.7. The van der Waals surface area contributed by atoms with Crippen LogP contribution in [-0.2, 0) is 9.31 Å². The van der Waals surface area contributed by atoms with Gasteiger partial charge in [-0.3, -0.25) is 0 Å². The van der Waals surface area contributed by atoms with E-state index in [1.807, 2.05) is 19.9 Å². The molecule has 0 unspecified atom stereocenters. The zero-order valence-corrected chi connectivity index (χ0v) is 17.3. The number of fused-ring (bicyclic) bond motifs is 6. The zero-order chi connectivity index (χ0) is 19.9. The molecule has 0 spiro atoms. The Morgan fingerprint density at radius 3 is 1.79 bits per heavy atom. The average Bonchev–Trinajstić information content (AvgIpc) is 3.06. The van der Waals surface area contributed by atoms with E-state index in [9.17, 15) is 0 Å². The summed E-state index contributed by atoms with van der Waals surface area (Å²) >= 11 is 0. The molecule has 2 aliphatic heterocycles. The molecule has 28 heavy (non-hydrogen) atoms. The fourth-order valence-electron chi connectivity index (χ4n) is 3.98. The van der Waals surface area contributed by atoms with Gasteiger partial charge in [-0.2, -0.15) is 0 Å². The Morgan fingerprint density at radius 2 is 1.18 bits per heavy atom. The predicted octanol–water partition coefficient (Wildman–Crippen LogP) is 4.80. The smallest absolute Gasteiger partial charge is 0.448 e. The van der Waals surface area contributed by atoms with Gasteiger partial charge >= 0.3 is 7.12 Å². The van der Waals surface area contributed by atoms with Crippen LogP contribution in [0.5, 0.6) is 11.5 Å². The van der Waals surface area contributed by atoms with Crippen LogP contribution in [-0.4, -0.2) is 24.1 Å². The molecule has 0 amide bonds. The van der Waals surface area contributed by atoms with E-state index in [0.717, 1.165) is 38.5 Å². The molecule has 0 radical (unpaired) electrons. The Hall–Kier alpha value is -2.24. The standard InChI is InChI=1S/C23H25BO4/c1-21(2)22(3,4)28-24(27-21)14-11-12-17-18(13-14)15-9-7-8-10-16(15)19-20(17)26-23(5,6)25-19/h7-13H,1-6H3. The molecule has 0 saturated carbocycles. The average molecular weight is 376 g/mol. The Labute approximate surface area is 165 Å². The SMILES string of the molecule is CC1(C)Oc2c(c3ccc(B4OC(C)(C)C(C)(C)O4)cc3c3ccccc23)O1. The molecule has 2 aliphatic rings. The lowest BCUT2D eigenvalue weighted by Crippen LogP contribution is -2.41. The van der Waals surface area contributed by atoms with Crippen LogP contribution < -0.4 is 14.9 Å². The van der Waals surface area contributed by atoms with E-state index in [4.69, 9.17) is 18.8 Å². The molecule has 5 heteroatoms. The Bertz CT molecular complexity index is 1100. The second-order valence-corrected chi connectivity index (χ2v) is 9.20. The molecule has 0 aromatic heterocycles. The molecule has 0 N–H and O–H groups in total. The van der Waals surface area contributed by atoms with E-state index in [1.54, 1.807) is 0 Å². The molecule has 3 aromatic carbocycles. The molecule has 1 fully saturated rings. The van der Waals surface area contributed by atoms with Crippen LogP contribution in [0.3, 0.4) is 0 Å². The van der Waals surface area contributed by atoms with Crippen LogP contribution in [0.25, 0.3) is 21.5 Å². The van der Waals surface area contributed by atoms with E-state index in [2.05, 4.69) is 64.1 Å². The molecule has 3 aromatic rings. The fraction of sp³-hybridized carbons (Fsp3) is 0.391. The second kappa shape index (κ2) is 5.43. The van der Waals surface area contributed by atoms with E-state index in [-0.39, 0.29) is 11.2 Å². The van der Waals surface area contributed by atoms with Crippen molar-refractivity contribution in [1.82, 2.24) is 0 Å². The summed E-state index contributed by atoms with van der Waals surface area (Å²) in [6.07, 6.45) is 0. The predicted molar refractivity (Wildman–Crippen MR) is 113 cm³/mol. The van der Waals surface area contributed by atoms with Gasteiger partial charge in [0.25, 0.3) is 0 Å². The van der Waals surface area contributed by atoms with Gasteiger partial charge in [0, 0.05) is 24.6 Å². The summed E-state index contributed by atoms with van der Waals surface area (Å²) in [5.41, 5.74) is 0.274. The molecular formula is C23H25BO4. The van der Waals surface area contributed by atoms with Crippen molar-refractivity contribution in [1.29, 1.82) is 0 Å². The summed E-state index contributed by atoms with van der Waals surface area (Å²) in [4.78, 5) is 0.